The van der Waals surface area contributed by atoms with E-state index in [0.717, 1.165) is 32.1 Å². The highest BCUT2D eigenvalue weighted by Gasteiger charge is 2.24. The Bertz CT molecular complexity index is 596. The number of halogens is 2. The van der Waals surface area contributed by atoms with Crippen LogP contribution in [0.25, 0.3) is 0 Å². The summed E-state index contributed by atoms with van der Waals surface area (Å²) >= 11 is 0. The van der Waals surface area contributed by atoms with Gasteiger partial charge in [-0.05, 0) is 74.8 Å². The van der Waals surface area contributed by atoms with Crippen LogP contribution in [0.3, 0.4) is 0 Å². The van der Waals surface area contributed by atoms with E-state index < -0.39 is 11.8 Å². The van der Waals surface area contributed by atoms with Crippen LogP contribution in [0, 0.1) is 23.1 Å². The second-order valence-corrected chi connectivity index (χ2v) is 5.80. The minimum absolute atomic E-state index is 0.116. The molecule has 3 nitrogen and oxygen atoms in total. The average molecular weight is 319 g/mol. The summed E-state index contributed by atoms with van der Waals surface area (Å²) in [4.78, 5) is 12.0. The van der Waals surface area contributed by atoms with Gasteiger partial charge in [0, 0.05) is 0 Å². The molecule has 0 aromatic heterocycles. The van der Waals surface area contributed by atoms with Crippen molar-refractivity contribution in [2.24, 2.45) is 5.92 Å². The lowest BCUT2D eigenvalue weighted by Crippen LogP contribution is -2.24. The second-order valence-electron chi connectivity index (χ2n) is 5.80. The summed E-state index contributed by atoms with van der Waals surface area (Å²) < 4.78 is 31.0. The molecule has 0 heterocycles. The molecule has 2 rings (SSSR count). The fraction of sp³-hybridized carbons (Fsp3) is 0.444. The van der Waals surface area contributed by atoms with Crippen LogP contribution in [0.2, 0.25) is 0 Å². The number of nitriles is 1. The topological polar surface area (TPSA) is 50.1 Å². The highest BCUT2D eigenvalue weighted by atomic mass is 19.1. The molecule has 0 aliphatic heterocycles. The van der Waals surface area contributed by atoms with Crippen molar-refractivity contribution in [2.45, 2.75) is 44.6 Å². The first-order chi connectivity index (χ1) is 11.1. The molecule has 0 N–H and O–H groups in total. The number of ether oxygens (including phenoxy) is 1. The summed E-state index contributed by atoms with van der Waals surface area (Å²) in [7, 11) is 0. The normalized spacial score (nSPS) is 21.5. The summed E-state index contributed by atoms with van der Waals surface area (Å²) in [5, 5.41) is 8.34. The van der Waals surface area contributed by atoms with Gasteiger partial charge in [-0.2, -0.15) is 9.65 Å². The lowest BCUT2D eigenvalue weighted by atomic mass is 9.84. The van der Waals surface area contributed by atoms with Gasteiger partial charge in [-0.3, -0.25) is 0 Å². The zero-order valence-corrected chi connectivity index (χ0v) is 12.8. The first kappa shape index (κ1) is 17.1. The third-order valence-electron chi connectivity index (χ3n) is 4.15. The number of hydrogen-bond donors (Lipinski definition) is 0. The number of nitrogens with zero attached hydrogens (tertiary/aromatic N) is 1. The van der Waals surface area contributed by atoms with Gasteiger partial charge in [0.05, 0.1) is 5.56 Å². The standard InChI is InChI=1S/C18H19F2NO2/c19-15-8-6-14(7-9-15)18(22)23-17-10-4-13(5-11-17)2-1-3-16(20)12-21/h3,6-9,13,17H,1-2,4-5,10-11H2/b16-3+. The van der Waals surface area contributed by atoms with Gasteiger partial charge < -0.3 is 4.74 Å². The molecule has 1 aliphatic rings. The molecule has 0 radical (unpaired) electrons. The van der Waals surface area contributed by atoms with Crippen LogP contribution in [-0.2, 0) is 4.74 Å². The van der Waals surface area contributed by atoms with Gasteiger partial charge in [-0.25, -0.2) is 9.18 Å². The number of benzene rings is 1. The quantitative estimate of drug-likeness (QED) is 0.584. The van der Waals surface area contributed by atoms with Crippen molar-refractivity contribution < 1.29 is 18.3 Å². The Morgan fingerprint density at radius 2 is 1.91 bits per heavy atom. The van der Waals surface area contributed by atoms with Crippen molar-refractivity contribution >= 4 is 5.97 Å². The summed E-state index contributed by atoms with van der Waals surface area (Å²) in [5.41, 5.74) is 0.352. The third-order valence-corrected chi connectivity index (χ3v) is 4.15. The van der Waals surface area contributed by atoms with Gasteiger partial charge in [-0.1, -0.05) is 0 Å². The van der Waals surface area contributed by atoms with Gasteiger partial charge in [0.1, 0.15) is 18.0 Å². The molecule has 1 fully saturated rings. The van der Waals surface area contributed by atoms with Crippen LogP contribution >= 0.6 is 0 Å². The molecule has 0 unspecified atom stereocenters. The van der Waals surface area contributed by atoms with E-state index in [1.54, 1.807) is 0 Å². The number of carbonyl (C=O) groups is 1. The molecule has 1 saturated carbocycles. The van der Waals surface area contributed by atoms with Crippen molar-refractivity contribution in [3.8, 4) is 6.07 Å². The fourth-order valence-electron chi connectivity index (χ4n) is 2.84. The molecule has 5 heteroatoms. The molecule has 0 saturated heterocycles. The number of carbonyl (C=O) groups excluding carboxylic acids is 1. The number of allylic oxidation sites excluding steroid dienone is 2. The van der Waals surface area contributed by atoms with E-state index in [2.05, 4.69) is 0 Å². The maximum absolute atomic E-state index is 12.8. The summed E-state index contributed by atoms with van der Waals surface area (Å²) in [5.74, 6) is -1.07. The van der Waals surface area contributed by atoms with Crippen molar-refractivity contribution in [1.29, 1.82) is 5.26 Å². The van der Waals surface area contributed by atoms with Gasteiger partial charge in [0.25, 0.3) is 0 Å². The number of hydrogen-bond acceptors (Lipinski definition) is 3. The van der Waals surface area contributed by atoms with Gasteiger partial charge in [-0.15, -0.1) is 0 Å². The van der Waals surface area contributed by atoms with Gasteiger partial charge in [0.15, 0.2) is 5.83 Å². The monoisotopic (exact) mass is 319 g/mol. The van der Waals surface area contributed by atoms with Crippen molar-refractivity contribution in [1.82, 2.24) is 0 Å². The highest BCUT2D eigenvalue weighted by molar-refractivity contribution is 5.89. The van der Waals surface area contributed by atoms with Crippen LogP contribution in [0.15, 0.2) is 36.2 Å². The molecule has 1 aliphatic carbocycles. The van der Waals surface area contributed by atoms with E-state index in [1.807, 2.05) is 0 Å². The predicted octanol–water partition coefficient (Wildman–Crippen LogP) is 4.70. The Morgan fingerprint density at radius 1 is 1.26 bits per heavy atom. The average Bonchev–Trinajstić information content (AvgIpc) is 2.56. The maximum Gasteiger partial charge on any atom is 0.338 e. The Kier molecular flexibility index (Phi) is 6.28. The van der Waals surface area contributed by atoms with Crippen molar-refractivity contribution in [2.75, 3.05) is 0 Å². The van der Waals surface area contributed by atoms with Gasteiger partial charge in [0.2, 0.25) is 0 Å². The minimum Gasteiger partial charge on any atom is -0.459 e. The molecule has 0 amide bonds. The largest absolute Gasteiger partial charge is 0.459 e. The lowest BCUT2D eigenvalue weighted by Gasteiger charge is -2.28. The summed E-state index contributed by atoms with van der Waals surface area (Å²) in [6.45, 7) is 0. The molecular weight excluding hydrogens is 300 g/mol. The van der Waals surface area contributed by atoms with E-state index in [9.17, 15) is 13.6 Å². The SMILES string of the molecule is N#C/C(F)=C\CCC1CCC(OC(=O)c2ccc(F)cc2)CC1. The van der Waals surface area contributed by atoms with Crippen LogP contribution in [0.4, 0.5) is 8.78 Å². The van der Waals surface area contributed by atoms with Crippen LogP contribution in [0.1, 0.15) is 48.9 Å². The maximum atomic E-state index is 12.8. The van der Waals surface area contributed by atoms with E-state index >= 15 is 0 Å². The molecule has 23 heavy (non-hydrogen) atoms. The highest BCUT2D eigenvalue weighted by Crippen LogP contribution is 2.30. The zero-order chi connectivity index (χ0) is 16.7. The van der Waals surface area contributed by atoms with Crippen LogP contribution in [-0.4, -0.2) is 12.1 Å². The Balaban J connectivity index is 1.73. The van der Waals surface area contributed by atoms with E-state index in [-0.39, 0.29) is 11.9 Å². The number of esters is 1. The molecule has 1 aromatic carbocycles. The first-order valence-electron chi connectivity index (χ1n) is 7.81. The Morgan fingerprint density at radius 3 is 2.52 bits per heavy atom. The summed E-state index contributed by atoms with van der Waals surface area (Å²) in [6, 6.07) is 6.77. The van der Waals surface area contributed by atoms with E-state index in [4.69, 9.17) is 10.00 Å². The predicted molar refractivity (Wildman–Crippen MR) is 81.6 cm³/mol. The fourth-order valence-corrected chi connectivity index (χ4v) is 2.84. The second kappa shape index (κ2) is 8.42. The van der Waals surface area contributed by atoms with Gasteiger partial charge >= 0.3 is 5.97 Å². The van der Waals surface area contributed by atoms with Crippen molar-refractivity contribution in [3.05, 3.63) is 47.5 Å². The van der Waals surface area contributed by atoms with Crippen LogP contribution < -0.4 is 0 Å². The molecule has 0 atom stereocenters. The first-order valence-corrected chi connectivity index (χ1v) is 7.81. The Hall–Kier alpha value is -2.22. The lowest BCUT2D eigenvalue weighted by molar-refractivity contribution is 0.0162. The number of rotatable bonds is 5. The molecule has 1 aromatic rings. The van der Waals surface area contributed by atoms with Crippen molar-refractivity contribution in [3.63, 3.8) is 0 Å². The zero-order valence-electron chi connectivity index (χ0n) is 12.8. The Labute approximate surface area is 134 Å². The molecule has 0 bridgehead atoms. The smallest absolute Gasteiger partial charge is 0.338 e. The molecular formula is C18H19F2NO2. The van der Waals surface area contributed by atoms with E-state index in [0.29, 0.717) is 17.9 Å². The minimum atomic E-state index is -0.730. The van der Waals surface area contributed by atoms with Crippen LogP contribution in [0.5, 0.6) is 0 Å². The summed E-state index contributed by atoms with van der Waals surface area (Å²) in [6.07, 6.45) is 6.00. The third kappa shape index (κ3) is 5.48. The molecule has 122 valence electrons. The molecule has 0 spiro atoms. The van der Waals surface area contributed by atoms with E-state index in [1.165, 1.54) is 36.4 Å².